The molecule has 0 radical (unpaired) electrons. The van der Waals surface area contributed by atoms with Crippen LogP contribution in [0.25, 0.3) is 60.9 Å². The van der Waals surface area contributed by atoms with Crippen LogP contribution in [0, 0.1) is 57.0 Å². The predicted molar refractivity (Wildman–Crippen MR) is 176 cm³/mol. The van der Waals surface area contributed by atoms with Gasteiger partial charge in [0.15, 0.2) is 11.6 Å². The first kappa shape index (κ1) is 28.7. The van der Waals surface area contributed by atoms with E-state index < -0.39 is 11.6 Å². The van der Waals surface area contributed by atoms with Crippen molar-refractivity contribution < 1.29 is 8.78 Å². The van der Waals surface area contributed by atoms with Gasteiger partial charge in [0, 0.05) is 21.9 Å². The molecule has 218 valence electrons. The van der Waals surface area contributed by atoms with Crippen molar-refractivity contribution in [3.8, 4) is 63.3 Å². The molecule has 0 aliphatic heterocycles. The lowest BCUT2D eigenvalue weighted by atomic mass is 9.97. The molecule has 0 aliphatic rings. The Bertz CT molecular complexity index is 2410. The molecule has 0 spiro atoms. The van der Waals surface area contributed by atoms with Crippen molar-refractivity contribution in [2.24, 2.45) is 0 Å². The first-order chi connectivity index (χ1) is 22.9. The Morgan fingerprint density at radius 3 is 1.40 bits per heavy atom. The summed E-state index contributed by atoms with van der Waals surface area (Å²) in [5.41, 5.74) is 7.21. The number of benzene rings is 6. The van der Waals surface area contributed by atoms with Crippen molar-refractivity contribution >= 4 is 21.8 Å². The Labute approximate surface area is 268 Å². The van der Waals surface area contributed by atoms with Gasteiger partial charge in [0.25, 0.3) is 0 Å². The first-order valence-electron chi connectivity index (χ1n) is 14.5. The SMILES string of the molecule is N#Cc1cc(C#N)cc(-c2ccc3c(c2)c2cc(-c4cc(C#N)cc(C#N)c4)ccc2n3-c2ccccc2-c2cccc(F)c2F)c1. The van der Waals surface area contributed by atoms with Gasteiger partial charge in [-0.15, -0.1) is 0 Å². The van der Waals surface area contributed by atoms with E-state index in [4.69, 9.17) is 0 Å². The van der Waals surface area contributed by atoms with Crippen molar-refractivity contribution in [1.29, 1.82) is 21.0 Å². The van der Waals surface area contributed by atoms with Gasteiger partial charge in [-0.05, 0) is 95.1 Å². The number of halogens is 2. The Morgan fingerprint density at radius 2 is 0.915 bits per heavy atom. The van der Waals surface area contributed by atoms with Gasteiger partial charge >= 0.3 is 0 Å². The molecule has 6 aromatic carbocycles. The third-order valence-corrected chi connectivity index (χ3v) is 8.20. The van der Waals surface area contributed by atoms with Gasteiger partial charge in [0.2, 0.25) is 0 Å². The minimum absolute atomic E-state index is 0.124. The number of nitrogens with zero attached hydrogens (tertiary/aromatic N) is 5. The molecule has 0 fully saturated rings. The second kappa shape index (κ2) is 11.5. The quantitative estimate of drug-likeness (QED) is 0.199. The van der Waals surface area contributed by atoms with E-state index in [0.717, 1.165) is 39.0 Å². The first-order valence-corrected chi connectivity index (χ1v) is 14.5. The van der Waals surface area contributed by atoms with Crippen LogP contribution in [0.5, 0.6) is 0 Å². The monoisotopic (exact) mass is 607 g/mol. The summed E-state index contributed by atoms with van der Waals surface area (Å²) in [5.74, 6) is -1.89. The van der Waals surface area contributed by atoms with Gasteiger partial charge in [0.05, 0.1) is 63.3 Å². The maximum atomic E-state index is 15.2. The van der Waals surface area contributed by atoms with E-state index in [1.54, 1.807) is 42.5 Å². The van der Waals surface area contributed by atoms with Crippen molar-refractivity contribution in [1.82, 2.24) is 4.57 Å². The van der Waals surface area contributed by atoms with Gasteiger partial charge in [-0.3, -0.25) is 0 Å². The predicted octanol–water partition coefficient (Wildman–Crippen LogP) is 9.55. The lowest BCUT2D eigenvalue weighted by Gasteiger charge is -2.15. The lowest BCUT2D eigenvalue weighted by Crippen LogP contribution is -1.99. The van der Waals surface area contributed by atoms with Crippen LogP contribution in [-0.2, 0) is 0 Å². The topological polar surface area (TPSA) is 100 Å². The molecular weight excluding hydrogens is 588 g/mol. The standard InChI is InChI=1S/C40H19F2N5/c41-36-6-3-5-33(40(36)42)32-4-1-2-7-37(32)47-38-10-8-28(30-14-24(20-43)12-25(15-30)21-44)18-34(38)35-19-29(9-11-39(35)47)31-16-26(22-45)13-27(17-31)23-46/h1-19H. The van der Waals surface area contributed by atoms with Crippen molar-refractivity contribution in [3.05, 3.63) is 149 Å². The van der Waals surface area contributed by atoms with Crippen LogP contribution in [0.2, 0.25) is 0 Å². The highest BCUT2D eigenvalue weighted by Crippen LogP contribution is 2.40. The molecule has 7 heteroatoms. The van der Waals surface area contributed by atoms with Crippen LogP contribution in [-0.4, -0.2) is 4.57 Å². The summed E-state index contributed by atoms with van der Waals surface area (Å²) >= 11 is 0. The molecule has 1 heterocycles. The van der Waals surface area contributed by atoms with Crippen LogP contribution in [0.3, 0.4) is 0 Å². The fourth-order valence-corrected chi connectivity index (χ4v) is 6.10. The second-order valence-electron chi connectivity index (χ2n) is 11.0. The number of nitriles is 4. The summed E-state index contributed by atoms with van der Waals surface area (Å²) in [6, 6.07) is 41.4. The van der Waals surface area contributed by atoms with Crippen molar-refractivity contribution in [3.63, 3.8) is 0 Å². The zero-order valence-electron chi connectivity index (χ0n) is 24.5. The fraction of sp³-hybridized carbons (Fsp3) is 0. The van der Waals surface area contributed by atoms with E-state index in [2.05, 4.69) is 24.3 Å². The van der Waals surface area contributed by atoms with Gasteiger partial charge in [-0.1, -0.05) is 42.5 Å². The Morgan fingerprint density at radius 1 is 0.447 bits per heavy atom. The summed E-state index contributed by atoms with van der Waals surface area (Å²) in [7, 11) is 0. The number of para-hydroxylation sites is 1. The minimum Gasteiger partial charge on any atom is -0.309 e. The minimum atomic E-state index is -0.943. The smallest absolute Gasteiger partial charge is 0.166 e. The molecule has 0 saturated heterocycles. The van der Waals surface area contributed by atoms with Gasteiger partial charge in [-0.25, -0.2) is 8.78 Å². The Balaban J connectivity index is 1.55. The third kappa shape index (κ3) is 4.92. The number of hydrogen-bond acceptors (Lipinski definition) is 4. The van der Waals surface area contributed by atoms with Crippen LogP contribution in [0.4, 0.5) is 8.78 Å². The van der Waals surface area contributed by atoms with Crippen molar-refractivity contribution in [2.75, 3.05) is 0 Å². The second-order valence-corrected chi connectivity index (χ2v) is 11.0. The molecule has 0 N–H and O–H groups in total. The molecule has 0 unspecified atom stereocenters. The molecule has 0 amide bonds. The molecule has 7 aromatic rings. The van der Waals surface area contributed by atoms with Crippen LogP contribution < -0.4 is 0 Å². The van der Waals surface area contributed by atoms with Crippen LogP contribution in [0.15, 0.2) is 115 Å². The summed E-state index contributed by atoms with van der Waals surface area (Å²) in [4.78, 5) is 0. The molecule has 7 rings (SSSR count). The van der Waals surface area contributed by atoms with Crippen LogP contribution >= 0.6 is 0 Å². The maximum Gasteiger partial charge on any atom is 0.166 e. The van der Waals surface area contributed by atoms with E-state index >= 15 is 4.39 Å². The molecule has 0 aliphatic carbocycles. The normalized spacial score (nSPS) is 10.7. The largest absolute Gasteiger partial charge is 0.309 e. The van der Waals surface area contributed by atoms with E-state index in [1.165, 1.54) is 18.2 Å². The van der Waals surface area contributed by atoms with E-state index in [-0.39, 0.29) is 5.56 Å². The maximum absolute atomic E-state index is 15.2. The summed E-state index contributed by atoms with van der Waals surface area (Å²) in [6.07, 6.45) is 0. The summed E-state index contributed by atoms with van der Waals surface area (Å²) < 4.78 is 31.6. The Hall–Kier alpha value is -7.06. The highest BCUT2D eigenvalue weighted by molar-refractivity contribution is 6.12. The zero-order chi connectivity index (χ0) is 32.7. The number of fused-ring (bicyclic) bond motifs is 3. The average molecular weight is 608 g/mol. The zero-order valence-corrected chi connectivity index (χ0v) is 24.5. The molecule has 47 heavy (non-hydrogen) atoms. The molecule has 1 aromatic heterocycles. The molecule has 5 nitrogen and oxygen atoms in total. The Kier molecular flexibility index (Phi) is 7.00. The summed E-state index contributed by atoms with van der Waals surface area (Å²) in [5, 5.41) is 40.0. The van der Waals surface area contributed by atoms with E-state index in [0.29, 0.717) is 44.6 Å². The average Bonchev–Trinajstić information content (AvgIpc) is 3.45. The lowest BCUT2D eigenvalue weighted by molar-refractivity contribution is 0.511. The van der Waals surface area contributed by atoms with Gasteiger partial charge < -0.3 is 4.57 Å². The molecule has 0 saturated carbocycles. The van der Waals surface area contributed by atoms with Crippen LogP contribution in [0.1, 0.15) is 22.3 Å². The number of aromatic nitrogens is 1. The third-order valence-electron chi connectivity index (χ3n) is 8.20. The molecular formula is C40H19F2N5. The van der Waals surface area contributed by atoms with Gasteiger partial charge in [-0.2, -0.15) is 21.0 Å². The van der Waals surface area contributed by atoms with Crippen molar-refractivity contribution in [2.45, 2.75) is 0 Å². The summed E-state index contributed by atoms with van der Waals surface area (Å²) in [6.45, 7) is 0. The molecule has 0 atom stereocenters. The number of hydrogen-bond donors (Lipinski definition) is 0. The highest BCUT2D eigenvalue weighted by atomic mass is 19.2. The number of rotatable bonds is 4. The molecule has 0 bridgehead atoms. The highest BCUT2D eigenvalue weighted by Gasteiger charge is 2.20. The van der Waals surface area contributed by atoms with Gasteiger partial charge in [0.1, 0.15) is 0 Å². The van der Waals surface area contributed by atoms with E-state index in [9.17, 15) is 25.4 Å². The van der Waals surface area contributed by atoms with E-state index in [1.807, 2.05) is 53.1 Å². The fourth-order valence-electron chi connectivity index (χ4n) is 6.10.